The summed E-state index contributed by atoms with van der Waals surface area (Å²) in [6, 6.07) is 3.61. The van der Waals surface area contributed by atoms with Crippen LogP contribution in [0.1, 0.15) is 17.5 Å². The Morgan fingerprint density at radius 1 is 1.20 bits per heavy atom. The number of benzene rings is 1. The topological polar surface area (TPSA) is 26.3 Å². The van der Waals surface area contributed by atoms with Crippen LogP contribution in [0.5, 0.6) is 5.75 Å². The number of carbonyl (C=O) groups excluding carboxylic acids is 1. The lowest BCUT2D eigenvalue weighted by molar-refractivity contribution is -0.141. The van der Waals surface area contributed by atoms with Gasteiger partial charge < -0.3 is 4.74 Å². The van der Waals surface area contributed by atoms with Crippen LogP contribution in [0.3, 0.4) is 0 Å². The SMILES string of the molecule is O=C1CCc2c(cccc2C(F)(F)F)O1. The van der Waals surface area contributed by atoms with Gasteiger partial charge in [-0.15, -0.1) is 0 Å². The predicted molar refractivity (Wildman–Crippen MR) is 45.4 cm³/mol. The molecule has 0 atom stereocenters. The van der Waals surface area contributed by atoms with Gasteiger partial charge in [-0.25, -0.2) is 0 Å². The fraction of sp³-hybridized carbons (Fsp3) is 0.300. The van der Waals surface area contributed by atoms with Crippen LogP contribution in [-0.2, 0) is 17.4 Å². The Bertz CT molecular complexity index is 410. The number of halogens is 3. The second-order valence-electron chi connectivity index (χ2n) is 3.25. The summed E-state index contributed by atoms with van der Waals surface area (Å²) in [5.74, 6) is -0.456. The minimum atomic E-state index is -4.39. The van der Waals surface area contributed by atoms with E-state index in [2.05, 4.69) is 0 Å². The molecule has 0 N–H and O–H groups in total. The van der Waals surface area contributed by atoms with Gasteiger partial charge in [0.2, 0.25) is 0 Å². The molecule has 15 heavy (non-hydrogen) atoms. The average molecular weight is 216 g/mol. The van der Waals surface area contributed by atoms with Crippen molar-refractivity contribution < 1.29 is 22.7 Å². The molecule has 0 bridgehead atoms. The number of carbonyl (C=O) groups is 1. The fourth-order valence-corrected chi connectivity index (χ4v) is 1.59. The fourth-order valence-electron chi connectivity index (χ4n) is 1.59. The van der Waals surface area contributed by atoms with E-state index in [1.165, 1.54) is 12.1 Å². The number of hydrogen-bond donors (Lipinski definition) is 0. The van der Waals surface area contributed by atoms with Crippen LogP contribution in [-0.4, -0.2) is 5.97 Å². The molecule has 5 heteroatoms. The van der Waals surface area contributed by atoms with Crippen LogP contribution in [0.25, 0.3) is 0 Å². The van der Waals surface area contributed by atoms with E-state index in [9.17, 15) is 18.0 Å². The lowest BCUT2D eigenvalue weighted by Crippen LogP contribution is -2.19. The number of alkyl halides is 3. The van der Waals surface area contributed by atoms with Crippen molar-refractivity contribution in [2.45, 2.75) is 19.0 Å². The minimum absolute atomic E-state index is 0.0000926. The number of fused-ring (bicyclic) bond motifs is 1. The molecule has 2 rings (SSSR count). The lowest BCUT2D eigenvalue weighted by Gasteiger charge is -2.19. The van der Waals surface area contributed by atoms with Crippen LogP contribution in [0, 0.1) is 0 Å². The third-order valence-corrected chi connectivity index (χ3v) is 2.24. The molecule has 1 aromatic carbocycles. The Hall–Kier alpha value is -1.52. The number of ether oxygens (including phenoxy) is 1. The maximum absolute atomic E-state index is 12.5. The van der Waals surface area contributed by atoms with Gasteiger partial charge in [-0.2, -0.15) is 13.2 Å². The highest BCUT2D eigenvalue weighted by atomic mass is 19.4. The van der Waals surface area contributed by atoms with Gasteiger partial charge in [0.1, 0.15) is 5.75 Å². The summed E-state index contributed by atoms with van der Waals surface area (Å²) >= 11 is 0. The van der Waals surface area contributed by atoms with Crippen LogP contribution in [0.15, 0.2) is 18.2 Å². The Labute approximate surface area is 83.7 Å². The second kappa shape index (κ2) is 3.25. The molecule has 1 heterocycles. The monoisotopic (exact) mass is 216 g/mol. The summed E-state index contributed by atoms with van der Waals surface area (Å²) in [6.45, 7) is 0. The van der Waals surface area contributed by atoms with Crippen molar-refractivity contribution in [3.63, 3.8) is 0 Å². The molecule has 0 aliphatic carbocycles. The molecule has 0 aromatic heterocycles. The van der Waals surface area contributed by atoms with Crippen molar-refractivity contribution in [3.05, 3.63) is 29.3 Å². The first-order chi connectivity index (χ1) is 6.98. The van der Waals surface area contributed by atoms with E-state index < -0.39 is 17.7 Å². The zero-order valence-electron chi connectivity index (χ0n) is 7.60. The molecule has 1 aromatic rings. The van der Waals surface area contributed by atoms with Gasteiger partial charge in [-0.05, 0) is 18.6 Å². The minimum Gasteiger partial charge on any atom is -0.426 e. The summed E-state index contributed by atoms with van der Waals surface area (Å²) < 4.78 is 42.3. The van der Waals surface area contributed by atoms with Gasteiger partial charge in [-0.1, -0.05) is 6.07 Å². The molecule has 1 aliphatic heterocycles. The van der Waals surface area contributed by atoms with E-state index in [0.29, 0.717) is 0 Å². The summed E-state index contributed by atoms with van der Waals surface area (Å²) in [5.41, 5.74) is -0.642. The van der Waals surface area contributed by atoms with Gasteiger partial charge in [0, 0.05) is 5.56 Å². The largest absolute Gasteiger partial charge is 0.426 e. The molecule has 0 amide bonds. The maximum atomic E-state index is 12.5. The van der Waals surface area contributed by atoms with E-state index in [-0.39, 0.29) is 24.2 Å². The first-order valence-electron chi connectivity index (χ1n) is 4.38. The standard InChI is InChI=1S/C10H7F3O2/c11-10(12,13)7-2-1-3-8-6(7)4-5-9(14)15-8/h1-3H,4-5H2. The molecular weight excluding hydrogens is 209 g/mol. The molecule has 0 spiro atoms. The quantitative estimate of drug-likeness (QED) is 0.492. The van der Waals surface area contributed by atoms with E-state index in [1.54, 1.807) is 0 Å². The Kier molecular flexibility index (Phi) is 2.17. The van der Waals surface area contributed by atoms with E-state index in [4.69, 9.17) is 4.74 Å². The zero-order chi connectivity index (χ0) is 11.1. The van der Waals surface area contributed by atoms with Crippen molar-refractivity contribution >= 4 is 5.97 Å². The van der Waals surface area contributed by atoms with Gasteiger partial charge in [0.15, 0.2) is 0 Å². The van der Waals surface area contributed by atoms with Crippen molar-refractivity contribution in [3.8, 4) is 5.75 Å². The highest BCUT2D eigenvalue weighted by Gasteiger charge is 2.35. The maximum Gasteiger partial charge on any atom is 0.416 e. The first kappa shape index (κ1) is 10.0. The Morgan fingerprint density at radius 3 is 2.60 bits per heavy atom. The third kappa shape index (κ3) is 1.82. The number of rotatable bonds is 0. The molecule has 0 unspecified atom stereocenters. The average Bonchev–Trinajstić information content (AvgIpc) is 2.15. The van der Waals surface area contributed by atoms with Crippen LogP contribution in [0.2, 0.25) is 0 Å². The van der Waals surface area contributed by atoms with Crippen molar-refractivity contribution in [1.29, 1.82) is 0 Å². The highest BCUT2D eigenvalue weighted by Crippen LogP contribution is 2.38. The molecule has 2 nitrogen and oxygen atoms in total. The summed E-state index contributed by atoms with van der Waals surface area (Å²) in [7, 11) is 0. The van der Waals surface area contributed by atoms with Crippen LogP contribution in [0.4, 0.5) is 13.2 Å². The molecule has 0 fully saturated rings. The van der Waals surface area contributed by atoms with Gasteiger partial charge in [-0.3, -0.25) is 4.79 Å². The van der Waals surface area contributed by atoms with E-state index in [0.717, 1.165) is 6.07 Å². The van der Waals surface area contributed by atoms with Crippen molar-refractivity contribution in [2.24, 2.45) is 0 Å². The Morgan fingerprint density at radius 2 is 1.93 bits per heavy atom. The van der Waals surface area contributed by atoms with Gasteiger partial charge in [0.05, 0.1) is 12.0 Å². The molecule has 0 radical (unpaired) electrons. The summed E-state index contributed by atoms with van der Waals surface area (Å²) in [4.78, 5) is 10.9. The summed E-state index contributed by atoms with van der Waals surface area (Å²) in [5, 5.41) is 0. The van der Waals surface area contributed by atoms with E-state index >= 15 is 0 Å². The van der Waals surface area contributed by atoms with Crippen LogP contribution >= 0.6 is 0 Å². The number of hydrogen-bond acceptors (Lipinski definition) is 2. The predicted octanol–water partition coefficient (Wildman–Crippen LogP) is 2.56. The third-order valence-electron chi connectivity index (χ3n) is 2.24. The van der Waals surface area contributed by atoms with Crippen LogP contribution < -0.4 is 4.74 Å². The van der Waals surface area contributed by atoms with Crippen molar-refractivity contribution in [1.82, 2.24) is 0 Å². The zero-order valence-corrected chi connectivity index (χ0v) is 7.60. The molecule has 1 aliphatic rings. The highest BCUT2D eigenvalue weighted by molar-refractivity contribution is 5.75. The lowest BCUT2D eigenvalue weighted by atomic mass is 9.99. The van der Waals surface area contributed by atoms with E-state index in [1.807, 2.05) is 0 Å². The first-order valence-corrected chi connectivity index (χ1v) is 4.38. The second-order valence-corrected chi connectivity index (χ2v) is 3.25. The van der Waals surface area contributed by atoms with Gasteiger partial charge in [0.25, 0.3) is 0 Å². The van der Waals surface area contributed by atoms with Gasteiger partial charge >= 0.3 is 12.1 Å². The molecular formula is C10H7F3O2. The molecule has 0 saturated carbocycles. The Balaban J connectivity index is 2.51. The normalized spacial score (nSPS) is 15.8. The number of esters is 1. The van der Waals surface area contributed by atoms with Crippen molar-refractivity contribution in [2.75, 3.05) is 0 Å². The smallest absolute Gasteiger partial charge is 0.416 e. The summed E-state index contributed by atoms with van der Waals surface area (Å²) in [6.07, 6.45) is -4.31. The molecule has 0 saturated heterocycles. The molecule has 80 valence electrons.